The Morgan fingerprint density at radius 2 is 2.09 bits per heavy atom. The molecule has 0 spiro atoms. The molecule has 0 aromatic carbocycles. The Balaban J connectivity index is 1.66. The third-order valence-electron chi connectivity index (χ3n) is 3.46. The van der Waals surface area contributed by atoms with Crippen molar-refractivity contribution >= 4 is 21.8 Å². The van der Waals surface area contributed by atoms with E-state index in [0.717, 1.165) is 10.7 Å². The Morgan fingerprint density at radius 1 is 1.32 bits per heavy atom. The van der Waals surface area contributed by atoms with Gasteiger partial charge >= 0.3 is 0 Å². The van der Waals surface area contributed by atoms with Crippen LogP contribution in [0, 0.1) is 5.82 Å². The number of rotatable bonds is 3. The van der Waals surface area contributed by atoms with Crippen LogP contribution in [0.2, 0.25) is 0 Å². The number of carbonyl (C=O) groups excluding carboxylic acids is 1. The lowest BCUT2D eigenvalue weighted by molar-refractivity contribution is 0.0767. The number of amides is 1. The van der Waals surface area contributed by atoms with Crippen molar-refractivity contribution in [2.45, 2.75) is 12.5 Å². The van der Waals surface area contributed by atoms with Gasteiger partial charge in [0.25, 0.3) is 5.91 Å². The zero-order valence-corrected chi connectivity index (χ0v) is 13.2. The van der Waals surface area contributed by atoms with Crippen LogP contribution in [0.4, 0.5) is 4.39 Å². The minimum atomic E-state index is -0.603. The van der Waals surface area contributed by atoms with E-state index in [1.807, 2.05) is 0 Å². The van der Waals surface area contributed by atoms with E-state index in [0.29, 0.717) is 25.3 Å². The van der Waals surface area contributed by atoms with Crippen molar-refractivity contribution in [3.05, 3.63) is 52.8 Å². The molecule has 7 heteroatoms. The van der Waals surface area contributed by atoms with Crippen molar-refractivity contribution in [2.75, 3.05) is 13.1 Å². The van der Waals surface area contributed by atoms with Crippen LogP contribution in [-0.2, 0) is 0 Å². The number of hydrogen-bond acceptors (Lipinski definition) is 4. The van der Waals surface area contributed by atoms with Crippen LogP contribution in [0.5, 0.6) is 5.75 Å². The van der Waals surface area contributed by atoms with Crippen LogP contribution < -0.4 is 4.74 Å². The summed E-state index contributed by atoms with van der Waals surface area (Å²) in [5.74, 6) is -0.252. The molecule has 3 heterocycles. The summed E-state index contributed by atoms with van der Waals surface area (Å²) >= 11 is 3.37. The fourth-order valence-corrected chi connectivity index (χ4v) is 2.71. The smallest absolute Gasteiger partial charge is 0.257 e. The molecule has 0 aliphatic carbocycles. The van der Waals surface area contributed by atoms with Gasteiger partial charge in [0.05, 0.1) is 22.8 Å². The minimum absolute atomic E-state index is 0.0424. The maximum Gasteiger partial charge on any atom is 0.257 e. The molecular weight excluding hydrogens is 353 g/mol. The van der Waals surface area contributed by atoms with E-state index < -0.39 is 5.82 Å². The number of pyridine rings is 2. The van der Waals surface area contributed by atoms with Gasteiger partial charge in [-0.05, 0) is 28.1 Å². The molecule has 1 saturated heterocycles. The van der Waals surface area contributed by atoms with Gasteiger partial charge in [-0.1, -0.05) is 0 Å². The van der Waals surface area contributed by atoms with Crippen molar-refractivity contribution in [3.8, 4) is 5.75 Å². The summed E-state index contributed by atoms with van der Waals surface area (Å²) in [7, 11) is 0. The highest BCUT2D eigenvalue weighted by Crippen LogP contribution is 2.26. The maximum absolute atomic E-state index is 13.6. The molecule has 0 bridgehead atoms. The summed E-state index contributed by atoms with van der Waals surface area (Å²) in [6, 6.07) is 3.16. The second-order valence-corrected chi connectivity index (χ2v) is 5.80. The number of likely N-dealkylation sites (tertiary alicyclic amines) is 1. The van der Waals surface area contributed by atoms with E-state index in [2.05, 4.69) is 25.9 Å². The molecule has 1 aliphatic rings. The molecule has 1 amide bonds. The highest BCUT2D eigenvalue weighted by atomic mass is 79.9. The van der Waals surface area contributed by atoms with Gasteiger partial charge in [0.1, 0.15) is 11.9 Å². The third-order valence-corrected chi connectivity index (χ3v) is 4.06. The van der Waals surface area contributed by atoms with Crippen LogP contribution in [0.25, 0.3) is 0 Å². The topological polar surface area (TPSA) is 55.3 Å². The first-order chi connectivity index (χ1) is 10.6. The van der Waals surface area contributed by atoms with Gasteiger partial charge in [-0.25, -0.2) is 4.39 Å². The van der Waals surface area contributed by atoms with Crippen molar-refractivity contribution in [3.63, 3.8) is 0 Å². The average molecular weight is 366 g/mol. The lowest BCUT2D eigenvalue weighted by Gasteiger charge is -2.18. The quantitative estimate of drug-likeness (QED) is 0.838. The van der Waals surface area contributed by atoms with E-state index in [-0.39, 0.29) is 17.6 Å². The number of hydrogen-bond donors (Lipinski definition) is 0. The zero-order valence-electron chi connectivity index (χ0n) is 11.6. The molecular formula is C15H13BrFN3O2. The Labute approximate surface area is 135 Å². The lowest BCUT2D eigenvalue weighted by Crippen LogP contribution is -2.31. The van der Waals surface area contributed by atoms with Crippen molar-refractivity contribution in [2.24, 2.45) is 0 Å². The van der Waals surface area contributed by atoms with Crippen LogP contribution in [0.3, 0.4) is 0 Å². The van der Waals surface area contributed by atoms with E-state index in [4.69, 9.17) is 4.74 Å². The number of ether oxygens (including phenoxy) is 1. The minimum Gasteiger partial charge on any atom is -0.487 e. The van der Waals surface area contributed by atoms with Crippen LogP contribution in [-0.4, -0.2) is 40.0 Å². The summed E-state index contributed by atoms with van der Waals surface area (Å²) in [6.45, 7) is 0.962. The first-order valence-electron chi connectivity index (χ1n) is 6.80. The molecule has 0 N–H and O–H groups in total. The predicted molar refractivity (Wildman–Crippen MR) is 81.1 cm³/mol. The van der Waals surface area contributed by atoms with Gasteiger partial charge in [-0.2, -0.15) is 0 Å². The summed E-state index contributed by atoms with van der Waals surface area (Å²) < 4.78 is 20.3. The predicted octanol–water partition coefficient (Wildman–Crippen LogP) is 2.67. The molecule has 0 radical (unpaired) electrons. The van der Waals surface area contributed by atoms with Gasteiger partial charge in [0, 0.05) is 31.6 Å². The Kier molecular flexibility index (Phi) is 4.33. The van der Waals surface area contributed by atoms with Gasteiger partial charge < -0.3 is 9.64 Å². The lowest BCUT2D eigenvalue weighted by atomic mass is 10.2. The summed E-state index contributed by atoms with van der Waals surface area (Å²) in [6.07, 6.45) is 6.34. The molecule has 1 atom stereocenters. The van der Waals surface area contributed by atoms with Gasteiger partial charge in [-0.3, -0.25) is 14.8 Å². The van der Waals surface area contributed by atoms with E-state index in [9.17, 15) is 9.18 Å². The molecule has 1 fully saturated rings. The van der Waals surface area contributed by atoms with E-state index in [1.54, 1.807) is 23.4 Å². The molecule has 0 saturated carbocycles. The van der Waals surface area contributed by atoms with E-state index in [1.165, 1.54) is 12.3 Å². The van der Waals surface area contributed by atoms with Crippen LogP contribution in [0.1, 0.15) is 16.8 Å². The molecule has 2 aromatic rings. The number of carbonyl (C=O) groups is 1. The van der Waals surface area contributed by atoms with Crippen molar-refractivity contribution < 1.29 is 13.9 Å². The van der Waals surface area contributed by atoms with Gasteiger partial charge in [-0.15, -0.1) is 0 Å². The zero-order chi connectivity index (χ0) is 15.5. The first-order valence-corrected chi connectivity index (χ1v) is 7.59. The Hall–Kier alpha value is -2.02. The second-order valence-electron chi connectivity index (χ2n) is 4.94. The van der Waals surface area contributed by atoms with Crippen LogP contribution in [0.15, 0.2) is 41.4 Å². The first kappa shape index (κ1) is 14.9. The molecule has 22 heavy (non-hydrogen) atoms. The molecule has 3 rings (SSSR count). The van der Waals surface area contributed by atoms with Gasteiger partial charge in [0.2, 0.25) is 0 Å². The fourth-order valence-electron chi connectivity index (χ4n) is 2.37. The average Bonchev–Trinajstić information content (AvgIpc) is 2.98. The maximum atomic E-state index is 13.6. The summed E-state index contributed by atoms with van der Waals surface area (Å²) in [5.41, 5.74) is 0.0424. The SMILES string of the molecule is O=C(c1ccncc1F)N1CCC(Oc2ccncc2Br)C1. The van der Waals surface area contributed by atoms with E-state index >= 15 is 0 Å². The molecule has 5 nitrogen and oxygen atoms in total. The fraction of sp³-hybridized carbons (Fsp3) is 0.267. The molecule has 2 aromatic heterocycles. The number of halogens is 2. The standard InChI is InChI=1S/C15H13BrFN3O2/c16-12-7-18-5-2-14(12)22-10-3-6-20(9-10)15(21)11-1-4-19-8-13(11)17/h1-2,4-5,7-8,10H,3,6,9H2. The second kappa shape index (κ2) is 6.39. The molecule has 1 unspecified atom stereocenters. The highest BCUT2D eigenvalue weighted by Gasteiger charge is 2.29. The third kappa shape index (κ3) is 3.09. The van der Waals surface area contributed by atoms with Gasteiger partial charge in [0.15, 0.2) is 5.82 Å². The van der Waals surface area contributed by atoms with Crippen molar-refractivity contribution in [1.82, 2.24) is 14.9 Å². The normalized spacial score (nSPS) is 17.5. The molecule has 1 aliphatic heterocycles. The summed E-state index contributed by atoms with van der Waals surface area (Å²) in [5, 5.41) is 0. The Morgan fingerprint density at radius 3 is 2.86 bits per heavy atom. The highest BCUT2D eigenvalue weighted by molar-refractivity contribution is 9.10. The molecule has 114 valence electrons. The van der Waals surface area contributed by atoms with Crippen molar-refractivity contribution in [1.29, 1.82) is 0 Å². The Bertz CT molecular complexity index is 698. The monoisotopic (exact) mass is 365 g/mol. The number of nitrogens with zero attached hydrogens (tertiary/aromatic N) is 3. The largest absolute Gasteiger partial charge is 0.487 e. The van der Waals surface area contributed by atoms with Crippen LogP contribution >= 0.6 is 15.9 Å². The summed E-state index contributed by atoms with van der Waals surface area (Å²) in [4.78, 5) is 21.5. The number of aromatic nitrogens is 2.